The van der Waals surface area contributed by atoms with Crippen molar-refractivity contribution in [2.75, 3.05) is 4.72 Å². The number of aryl methyl sites for hydroxylation is 1. The summed E-state index contributed by atoms with van der Waals surface area (Å²) in [6, 6.07) is 9.03. The molecule has 0 amide bonds. The fraction of sp³-hybridized carbons (Fsp3) is 0.0769. The number of nitrogens with one attached hydrogen (secondary N) is 1. The summed E-state index contributed by atoms with van der Waals surface area (Å²) in [6.07, 6.45) is 4.38. The summed E-state index contributed by atoms with van der Waals surface area (Å²) in [5.74, 6) is 0. The number of anilines is 1. The minimum absolute atomic E-state index is 0.118. The van der Waals surface area contributed by atoms with Crippen molar-refractivity contribution >= 4 is 26.6 Å². The second-order valence-electron chi connectivity index (χ2n) is 4.34. The lowest BCUT2D eigenvalue weighted by atomic mass is 10.2. The molecular weight excluding hydrogens is 276 g/mol. The van der Waals surface area contributed by atoms with Gasteiger partial charge in [-0.1, -0.05) is 18.2 Å². The van der Waals surface area contributed by atoms with Gasteiger partial charge in [-0.2, -0.15) is 5.10 Å². The Hall–Kier alpha value is -2.41. The van der Waals surface area contributed by atoms with E-state index in [0.717, 1.165) is 5.39 Å². The van der Waals surface area contributed by atoms with Gasteiger partial charge in [0.05, 0.1) is 17.4 Å². The van der Waals surface area contributed by atoms with E-state index in [0.29, 0.717) is 11.2 Å². The fourth-order valence-electron chi connectivity index (χ4n) is 1.93. The molecule has 0 aliphatic heterocycles. The van der Waals surface area contributed by atoms with Gasteiger partial charge >= 0.3 is 0 Å². The van der Waals surface area contributed by atoms with Gasteiger partial charge in [-0.15, -0.1) is 0 Å². The monoisotopic (exact) mass is 288 g/mol. The molecule has 102 valence electrons. The molecule has 1 N–H and O–H groups in total. The van der Waals surface area contributed by atoms with Crippen molar-refractivity contribution in [2.24, 2.45) is 7.05 Å². The number of sulfonamides is 1. The number of rotatable bonds is 3. The van der Waals surface area contributed by atoms with Crippen LogP contribution in [0.15, 0.2) is 53.8 Å². The number of aromatic nitrogens is 3. The molecule has 0 atom stereocenters. The lowest BCUT2D eigenvalue weighted by Gasteiger charge is -2.08. The minimum atomic E-state index is -3.66. The second-order valence-corrected chi connectivity index (χ2v) is 6.02. The van der Waals surface area contributed by atoms with Crippen LogP contribution >= 0.6 is 0 Å². The number of benzene rings is 1. The number of pyridine rings is 1. The van der Waals surface area contributed by atoms with Crippen molar-refractivity contribution in [1.82, 2.24) is 14.8 Å². The zero-order valence-corrected chi connectivity index (χ0v) is 11.5. The van der Waals surface area contributed by atoms with E-state index in [1.54, 1.807) is 25.4 Å². The zero-order chi connectivity index (χ0) is 14.2. The number of hydrogen-bond donors (Lipinski definition) is 1. The molecule has 20 heavy (non-hydrogen) atoms. The van der Waals surface area contributed by atoms with Crippen LogP contribution in [-0.4, -0.2) is 23.2 Å². The Morgan fingerprint density at radius 3 is 2.75 bits per heavy atom. The second kappa shape index (κ2) is 4.61. The summed E-state index contributed by atoms with van der Waals surface area (Å²) in [6.45, 7) is 0. The van der Waals surface area contributed by atoms with Crippen LogP contribution in [0.1, 0.15) is 0 Å². The molecule has 0 unspecified atom stereocenters. The van der Waals surface area contributed by atoms with Gasteiger partial charge in [-0.05, 0) is 12.1 Å². The molecule has 0 saturated heterocycles. The molecule has 3 rings (SSSR count). The van der Waals surface area contributed by atoms with E-state index < -0.39 is 10.0 Å². The molecule has 0 spiro atoms. The first-order valence-corrected chi connectivity index (χ1v) is 7.40. The Balaban J connectivity index is 2.05. The predicted molar refractivity (Wildman–Crippen MR) is 75.8 cm³/mol. The van der Waals surface area contributed by atoms with Gasteiger partial charge in [0.2, 0.25) is 0 Å². The third kappa shape index (κ3) is 2.23. The Bertz CT molecular complexity index is 865. The van der Waals surface area contributed by atoms with E-state index in [1.807, 2.05) is 18.2 Å². The van der Waals surface area contributed by atoms with Crippen molar-refractivity contribution in [3.05, 3.63) is 48.9 Å². The zero-order valence-electron chi connectivity index (χ0n) is 10.7. The van der Waals surface area contributed by atoms with Crippen molar-refractivity contribution in [2.45, 2.75) is 4.90 Å². The average Bonchev–Trinajstić information content (AvgIpc) is 2.86. The average molecular weight is 288 g/mol. The highest BCUT2D eigenvalue weighted by Crippen LogP contribution is 2.23. The summed E-state index contributed by atoms with van der Waals surface area (Å²) < 4.78 is 28.5. The normalized spacial score (nSPS) is 11.7. The third-order valence-corrected chi connectivity index (χ3v) is 4.19. The molecule has 2 aromatic heterocycles. The first-order chi connectivity index (χ1) is 9.56. The van der Waals surface area contributed by atoms with Crippen LogP contribution in [0.2, 0.25) is 0 Å². The van der Waals surface area contributed by atoms with Crippen molar-refractivity contribution in [1.29, 1.82) is 0 Å². The Labute approximate surface area is 116 Å². The predicted octanol–water partition coefficient (Wildman–Crippen LogP) is 1.77. The van der Waals surface area contributed by atoms with Crippen molar-refractivity contribution < 1.29 is 8.42 Å². The molecule has 0 aliphatic carbocycles. The van der Waals surface area contributed by atoms with Crippen molar-refractivity contribution in [3.63, 3.8) is 0 Å². The maximum absolute atomic E-state index is 12.3. The fourth-order valence-corrected chi connectivity index (χ4v) is 2.98. The van der Waals surface area contributed by atoms with Gasteiger partial charge in [0.1, 0.15) is 4.90 Å². The Morgan fingerprint density at radius 1 is 1.20 bits per heavy atom. The topological polar surface area (TPSA) is 76.9 Å². The third-order valence-electron chi connectivity index (χ3n) is 2.87. The molecule has 0 bridgehead atoms. The van der Waals surface area contributed by atoms with E-state index in [9.17, 15) is 8.42 Å². The summed E-state index contributed by atoms with van der Waals surface area (Å²) >= 11 is 0. The SMILES string of the molecule is Cn1cc(S(=O)(=O)Nc2cccc3cccnc23)cn1. The van der Waals surface area contributed by atoms with E-state index in [1.165, 1.54) is 17.1 Å². The maximum Gasteiger partial charge on any atom is 0.265 e. The Kier molecular flexibility index (Phi) is 2.90. The van der Waals surface area contributed by atoms with E-state index >= 15 is 0 Å². The highest BCUT2D eigenvalue weighted by molar-refractivity contribution is 7.92. The molecule has 0 radical (unpaired) electrons. The van der Waals surface area contributed by atoms with Gasteiger partial charge in [0.25, 0.3) is 10.0 Å². The molecular formula is C13H12N4O2S. The molecule has 6 nitrogen and oxygen atoms in total. The number of hydrogen-bond acceptors (Lipinski definition) is 4. The molecule has 0 aliphatic rings. The first kappa shape index (κ1) is 12.6. The first-order valence-electron chi connectivity index (χ1n) is 5.91. The highest BCUT2D eigenvalue weighted by atomic mass is 32.2. The summed E-state index contributed by atoms with van der Waals surface area (Å²) in [5.41, 5.74) is 1.06. The van der Waals surface area contributed by atoms with Gasteiger partial charge in [0, 0.05) is 24.8 Å². The molecule has 7 heteroatoms. The summed E-state index contributed by atoms with van der Waals surface area (Å²) in [7, 11) is -1.99. The van der Waals surface area contributed by atoms with Crippen LogP contribution in [0.3, 0.4) is 0 Å². The van der Waals surface area contributed by atoms with Crippen LogP contribution in [-0.2, 0) is 17.1 Å². The molecule has 0 fully saturated rings. The summed E-state index contributed by atoms with van der Waals surface area (Å²) in [5, 5.41) is 4.74. The van der Waals surface area contributed by atoms with Crippen LogP contribution in [0.5, 0.6) is 0 Å². The molecule has 0 saturated carbocycles. The minimum Gasteiger partial charge on any atom is -0.277 e. The van der Waals surface area contributed by atoms with Gasteiger partial charge in [0.15, 0.2) is 0 Å². The van der Waals surface area contributed by atoms with Gasteiger partial charge in [-0.3, -0.25) is 14.4 Å². The lowest BCUT2D eigenvalue weighted by molar-refractivity contribution is 0.601. The molecule has 2 heterocycles. The van der Waals surface area contributed by atoms with Crippen LogP contribution in [0, 0.1) is 0 Å². The molecule has 1 aromatic carbocycles. The largest absolute Gasteiger partial charge is 0.277 e. The smallest absolute Gasteiger partial charge is 0.265 e. The van der Waals surface area contributed by atoms with Crippen LogP contribution in [0.4, 0.5) is 5.69 Å². The lowest BCUT2D eigenvalue weighted by Crippen LogP contribution is -2.12. The number of fused-ring (bicyclic) bond motifs is 1. The molecule has 3 aromatic rings. The quantitative estimate of drug-likeness (QED) is 0.797. The van der Waals surface area contributed by atoms with Gasteiger partial charge < -0.3 is 0 Å². The Morgan fingerprint density at radius 2 is 2.00 bits per heavy atom. The van der Waals surface area contributed by atoms with E-state index in [4.69, 9.17) is 0 Å². The van der Waals surface area contributed by atoms with Crippen molar-refractivity contribution in [3.8, 4) is 0 Å². The maximum atomic E-state index is 12.3. The van der Waals surface area contributed by atoms with E-state index in [2.05, 4.69) is 14.8 Å². The highest BCUT2D eigenvalue weighted by Gasteiger charge is 2.17. The van der Waals surface area contributed by atoms with Gasteiger partial charge in [-0.25, -0.2) is 8.42 Å². The number of para-hydroxylation sites is 1. The van der Waals surface area contributed by atoms with E-state index in [-0.39, 0.29) is 4.90 Å². The standard InChI is InChI=1S/C13H12N4O2S/c1-17-9-11(8-15-17)20(18,19)16-12-6-2-4-10-5-3-7-14-13(10)12/h2-9,16H,1H3. The van der Waals surface area contributed by atoms with Crippen LogP contribution in [0.25, 0.3) is 10.9 Å². The van der Waals surface area contributed by atoms with Crippen LogP contribution < -0.4 is 4.72 Å². The number of nitrogens with zero attached hydrogens (tertiary/aromatic N) is 3. The summed E-state index contributed by atoms with van der Waals surface area (Å²) in [4.78, 5) is 4.33.